The lowest BCUT2D eigenvalue weighted by molar-refractivity contribution is 0.248. The van der Waals surface area contributed by atoms with Crippen LogP contribution >= 0.6 is 15.9 Å². The number of anilines is 2. The summed E-state index contributed by atoms with van der Waals surface area (Å²) >= 11 is 3.04. The van der Waals surface area contributed by atoms with Crippen LogP contribution < -0.4 is 10.2 Å². The van der Waals surface area contributed by atoms with Crippen molar-refractivity contribution in [2.24, 2.45) is 5.16 Å². The van der Waals surface area contributed by atoms with E-state index in [4.69, 9.17) is 4.84 Å². The second-order valence-corrected chi connectivity index (χ2v) is 7.76. The number of carbonyl (C=O) groups excluding carboxylic acids is 1. The van der Waals surface area contributed by atoms with E-state index in [9.17, 15) is 17.6 Å². The summed E-state index contributed by atoms with van der Waals surface area (Å²) in [5.41, 5.74) is 0.248. The quantitative estimate of drug-likeness (QED) is 0.353. The molecule has 148 valence electrons. The van der Waals surface area contributed by atoms with Crippen LogP contribution in [0.5, 0.6) is 0 Å². The molecule has 0 atom stereocenters. The van der Waals surface area contributed by atoms with Gasteiger partial charge in [0.25, 0.3) is 10.1 Å². The lowest BCUT2D eigenvalue weighted by Crippen LogP contribution is -2.28. The topological polar surface area (TPSA) is 136 Å². The lowest BCUT2D eigenvalue weighted by atomic mass is 10.2. The number of benzene rings is 1. The van der Waals surface area contributed by atoms with Gasteiger partial charge in [0, 0.05) is 6.54 Å². The Morgan fingerprint density at radius 2 is 2.18 bits per heavy atom. The van der Waals surface area contributed by atoms with Gasteiger partial charge in [0.15, 0.2) is 11.6 Å². The highest BCUT2D eigenvalue weighted by atomic mass is 79.9. The predicted octanol–water partition coefficient (Wildman–Crippen LogP) is 1.23. The van der Waals surface area contributed by atoms with Crippen LogP contribution in [0.3, 0.4) is 0 Å². The normalized spacial score (nSPS) is 13.9. The third-order valence-electron chi connectivity index (χ3n) is 3.27. The Morgan fingerprint density at radius 3 is 2.86 bits per heavy atom. The standard InChI is InChI=1S/C14H11BrFN5O6S/c1-28(23,24)25-5-4-17-13-12(18-27-19-13)14-20-26-11(7-22)21(14)8-2-3-9(15)10(16)6-8/h2-3,6H,4-5H2,1H3,(H,17,19). The average molecular weight is 476 g/mol. The Kier molecular flexibility index (Phi) is 5.74. The highest BCUT2D eigenvalue weighted by Crippen LogP contribution is 2.30. The smallest absolute Gasteiger partial charge is 0.320 e. The maximum atomic E-state index is 13.9. The summed E-state index contributed by atoms with van der Waals surface area (Å²) in [6.07, 6.45) is 0.920. The Labute approximate surface area is 166 Å². The molecule has 3 rings (SSSR count). The molecular weight excluding hydrogens is 465 g/mol. The molecule has 0 fully saturated rings. The highest BCUT2D eigenvalue weighted by Gasteiger charge is 2.34. The molecule has 0 unspecified atom stereocenters. The van der Waals surface area contributed by atoms with Gasteiger partial charge in [-0.15, -0.1) is 0 Å². The summed E-state index contributed by atoms with van der Waals surface area (Å²) in [5.74, 6) is 0.698. The van der Waals surface area contributed by atoms with Gasteiger partial charge < -0.3 is 10.2 Å². The molecule has 2 aromatic rings. The molecule has 0 saturated carbocycles. The van der Waals surface area contributed by atoms with E-state index in [0.717, 1.165) is 12.3 Å². The van der Waals surface area contributed by atoms with Gasteiger partial charge in [-0.3, -0.25) is 4.18 Å². The zero-order chi connectivity index (χ0) is 20.3. The first-order chi connectivity index (χ1) is 13.3. The van der Waals surface area contributed by atoms with Crippen LogP contribution in [0.4, 0.5) is 15.9 Å². The van der Waals surface area contributed by atoms with Gasteiger partial charge in [-0.2, -0.15) is 8.42 Å². The zero-order valence-electron chi connectivity index (χ0n) is 14.0. The molecule has 1 N–H and O–H groups in total. The first kappa shape index (κ1) is 19.9. The number of rotatable bonds is 7. The first-order valence-corrected chi connectivity index (χ1v) is 10.1. The van der Waals surface area contributed by atoms with Gasteiger partial charge in [-0.25, -0.2) is 18.7 Å². The summed E-state index contributed by atoms with van der Waals surface area (Å²) in [5, 5.41) is 13.9. The van der Waals surface area contributed by atoms with Crippen molar-refractivity contribution in [2.75, 3.05) is 29.6 Å². The van der Waals surface area contributed by atoms with Gasteiger partial charge in [0.05, 0.1) is 23.0 Å². The second-order valence-electron chi connectivity index (χ2n) is 5.26. The van der Waals surface area contributed by atoms with Gasteiger partial charge in [-0.05, 0) is 44.4 Å². The number of halogens is 2. The van der Waals surface area contributed by atoms with E-state index in [1.165, 1.54) is 17.0 Å². The van der Waals surface area contributed by atoms with E-state index in [1.807, 2.05) is 0 Å². The monoisotopic (exact) mass is 475 g/mol. The molecule has 0 bridgehead atoms. The molecule has 1 aliphatic rings. The van der Waals surface area contributed by atoms with Crippen molar-refractivity contribution in [2.45, 2.75) is 0 Å². The molecule has 14 heteroatoms. The van der Waals surface area contributed by atoms with Crippen molar-refractivity contribution in [3.63, 3.8) is 0 Å². The minimum atomic E-state index is -3.59. The molecular formula is C14H11BrFN5O6S. The number of amidine groups is 1. The van der Waals surface area contributed by atoms with E-state index in [2.05, 4.69) is 45.5 Å². The van der Waals surface area contributed by atoms with Gasteiger partial charge >= 0.3 is 5.88 Å². The molecule has 11 nitrogen and oxygen atoms in total. The third-order valence-corrected chi connectivity index (χ3v) is 4.51. The molecule has 0 saturated heterocycles. The fraction of sp³-hybridized carbons (Fsp3) is 0.214. The number of hydrogen-bond acceptors (Lipinski definition) is 11. The van der Waals surface area contributed by atoms with E-state index in [-0.39, 0.29) is 46.5 Å². The fourth-order valence-electron chi connectivity index (χ4n) is 2.16. The Balaban J connectivity index is 1.85. The Bertz CT molecular complexity index is 1080. The molecule has 0 aliphatic carbocycles. The van der Waals surface area contributed by atoms with Crippen LogP contribution in [0.15, 0.2) is 38.3 Å². The predicted molar refractivity (Wildman–Crippen MR) is 97.0 cm³/mol. The zero-order valence-corrected chi connectivity index (χ0v) is 16.5. The van der Waals surface area contributed by atoms with Gasteiger partial charge in [0.1, 0.15) is 5.82 Å². The first-order valence-electron chi connectivity index (χ1n) is 7.46. The second kappa shape index (κ2) is 8.06. The van der Waals surface area contributed by atoms with E-state index in [1.54, 1.807) is 5.94 Å². The van der Waals surface area contributed by atoms with Crippen LogP contribution in [0.2, 0.25) is 0 Å². The molecule has 28 heavy (non-hydrogen) atoms. The fourth-order valence-corrected chi connectivity index (χ4v) is 2.79. The number of nitrogens with one attached hydrogen (secondary N) is 1. The van der Waals surface area contributed by atoms with Crippen molar-refractivity contribution in [3.05, 3.63) is 40.1 Å². The van der Waals surface area contributed by atoms with Crippen LogP contribution in [0, 0.1) is 5.82 Å². The van der Waals surface area contributed by atoms with Crippen LogP contribution in [-0.4, -0.2) is 49.9 Å². The van der Waals surface area contributed by atoms with E-state index >= 15 is 0 Å². The van der Waals surface area contributed by atoms with Crippen molar-refractivity contribution in [3.8, 4) is 0 Å². The maximum absolute atomic E-state index is 13.9. The van der Waals surface area contributed by atoms with Gasteiger partial charge in [0.2, 0.25) is 11.7 Å². The Morgan fingerprint density at radius 1 is 1.39 bits per heavy atom. The number of nitrogens with zero attached hydrogens (tertiary/aromatic N) is 4. The summed E-state index contributed by atoms with van der Waals surface area (Å²) in [6.45, 7) is -0.124. The molecule has 1 aromatic carbocycles. The molecule has 0 spiro atoms. The summed E-state index contributed by atoms with van der Waals surface area (Å²) in [7, 11) is -3.59. The van der Waals surface area contributed by atoms with Crippen molar-refractivity contribution in [1.29, 1.82) is 0 Å². The van der Waals surface area contributed by atoms with Crippen LogP contribution in [0.1, 0.15) is 5.69 Å². The summed E-state index contributed by atoms with van der Waals surface area (Å²) in [6, 6.07) is 4.09. The summed E-state index contributed by atoms with van der Waals surface area (Å²) in [4.78, 5) is 17.3. The van der Waals surface area contributed by atoms with Crippen molar-refractivity contribution >= 4 is 49.3 Å². The molecule has 1 aliphatic heterocycles. The maximum Gasteiger partial charge on any atom is 0.320 e. The molecule has 2 heterocycles. The Hall–Kier alpha value is -2.80. The SMILES string of the molecule is CS(=O)(=O)OCCNc1nonc1C1=NOC(=C=O)N1c1ccc(Br)c(F)c1. The minimum absolute atomic E-state index is 0.0205. The van der Waals surface area contributed by atoms with Gasteiger partial charge in [-0.1, -0.05) is 5.16 Å². The number of aromatic nitrogens is 2. The van der Waals surface area contributed by atoms with Crippen molar-refractivity contribution in [1.82, 2.24) is 10.3 Å². The largest absolute Gasteiger partial charge is 0.363 e. The lowest BCUT2D eigenvalue weighted by Gasteiger charge is -2.16. The van der Waals surface area contributed by atoms with Crippen LogP contribution in [-0.2, 0) is 23.9 Å². The number of hydrogen-bond donors (Lipinski definition) is 1. The highest BCUT2D eigenvalue weighted by molar-refractivity contribution is 9.10. The molecule has 0 radical (unpaired) electrons. The van der Waals surface area contributed by atoms with Crippen LogP contribution in [0.25, 0.3) is 0 Å². The third kappa shape index (κ3) is 4.36. The van der Waals surface area contributed by atoms with Crippen molar-refractivity contribution < 1.29 is 31.3 Å². The summed E-state index contributed by atoms with van der Waals surface area (Å²) < 4.78 is 45.4. The molecule has 0 amide bonds. The molecule has 1 aromatic heterocycles. The van der Waals surface area contributed by atoms with E-state index < -0.39 is 15.9 Å². The number of oxime groups is 1. The van der Waals surface area contributed by atoms with E-state index in [0.29, 0.717) is 0 Å². The average Bonchev–Trinajstić information content (AvgIpc) is 3.26. The minimum Gasteiger partial charge on any atom is -0.363 e.